The number of fused-ring (bicyclic) bond motifs is 1. The maximum absolute atomic E-state index is 5.38. The third-order valence-corrected chi connectivity index (χ3v) is 3.26. The highest BCUT2D eigenvalue weighted by molar-refractivity contribution is 7.17. The first-order chi connectivity index (χ1) is 7.38. The molecule has 1 heterocycles. The average molecular weight is 241 g/mol. The van der Waals surface area contributed by atoms with E-state index >= 15 is 0 Å². The van der Waals surface area contributed by atoms with Gasteiger partial charge in [0.1, 0.15) is 0 Å². The van der Waals surface area contributed by atoms with E-state index in [0.29, 0.717) is 0 Å². The zero-order valence-electron chi connectivity index (χ0n) is 9.08. The molecule has 2 heteroatoms. The summed E-state index contributed by atoms with van der Waals surface area (Å²) in [6.07, 6.45) is 3.73. The second-order valence-electron chi connectivity index (χ2n) is 3.35. The lowest BCUT2D eigenvalue weighted by atomic mass is 10.3. The molecule has 1 aromatic carbocycles. The second-order valence-corrected chi connectivity index (χ2v) is 4.68. The molecule has 0 aliphatic carbocycles. The smallest absolute Gasteiger partial charge is 0.0342 e. The van der Waals surface area contributed by atoms with Gasteiger partial charge in [-0.2, -0.15) is 0 Å². The molecule has 0 unspecified atom stereocenters. The van der Waals surface area contributed by atoms with Gasteiger partial charge >= 0.3 is 0 Å². The molecular weight excluding hydrogens is 224 g/mol. The molecule has 15 heavy (non-hydrogen) atoms. The normalized spacial score (nSPS) is 9.73. The van der Waals surface area contributed by atoms with Crippen molar-refractivity contribution in [2.24, 2.45) is 0 Å². The topological polar surface area (TPSA) is 0 Å². The van der Waals surface area contributed by atoms with E-state index in [1.54, 1.807) is 11.3 Å². The number of benzene rings is 1. The minimum atomic E-state index is 0.827. The van der Waals surface area contributed by atoms with Crippen molar-refractivity contribution < 1.29 is 0 Å². The fraction of sp³-hybridized carbons (Fsp3) is 0.385. The Hall–Kier alpha value is -0.530. The van der Waals surface area contributed by atoms with Gasteiger partial charge in [0.05, 0.1) is 0 Å². The van der Waals surface area contributed by atoms with Crippen LogP contribution < -0.4 is 0 Å². The summed E-state index contributed by atoms with van der Waals surface area (Å²) in [4.78, 5) is 0. The van der Waals surface area contributed by atoms with Crippen molar-refractivity contribution in [3.05, 3.63) is 35.7 Å². The van der Waals surface area contributed by atoms with Gasteiger partial charge in [-0.05, 0) is 29.3 Å². The van der Waals surface area contributed by atoms with Gasteiger partial charge in [-0.3, -0.25) is 0 Å². The van der Waals surface area contributed by atoms with Gasteiger partial charge in [-0.15, -0.1) is 22.9 Å². The van der Waals surface area contributed by atoms with Gasteiger partial charge < -0.3 is 0 Å². The molecule has 2 rings (SSSR count). The zero-order chi connectivity index (χ0) is 10.9. The number of hydrogen-bond acceptors (Lipinski definition) is 1. The molecule has 0 saturated carbocycles. The molecule has 82 valence electrons. The van der Waals surface area contributed by atoms with E-state index in [2.05, 4.69) is 42.6 Å². The quantitative estimate of drug-likeness (QED) is 0.503. The highest BCUT2D eigenvalue weighted by Crippen LogP contribution is 2.18. The lowest BCUT2D eigenvalue weighted by Crippen LogP contribution is -1.70. The molecule has 0 spiro atoms. The Kier molecular flexibility index (Phi) is 6.45. The van der Waals surface area contributed by atoms with Crippen molar-refractivity contribution in [1.29, 1.82) is 0 Å². The Balaban J connectivity index is 0.000000167. The third kappa shape index (κ3) is 4.67. The maximum atomic E-state index is 5.38. The summed E-state index contributed by atoms with van der Waals surface area (Å²) >= 11 is 7.17. The number of halogens is 1. The van der Waals surface area contributed by atoms with Crippen LogP contribution in [0.15, 0.2) is 35.7 Å². The molecule has 0 radical (unpaired) electrons. The average Bonchev–Trinajstić information content (AvgIpc) is 2.75. The molecule has 0 saturated heterocycles. The van der Waals surface area contributed by atoms with Crippen molar-refractivity contribution in [2.45, 2.75) is 26.2 Å². The lowest BCUT2D eigenvalue weighted by molar-refractivity contribution is 0.776. The van der Waals surface area contributed by atoms with Crippen LogP contribution in [0.25, 0.3) is 10.1 Å². The molecule has 0 atom stereocenters. The Morgan fingerprint density at radius 2 is 1.93 bits per heavy atom. The maximum Gasteiger partial charge on any atom is 0.0342 e. The Bertz CT molecular complexity index is 333. The Morgan fingerprint density at radius 3 is 2.53 bits per heavy atom. The Morgan fingerprint density at radius 1 is 1.13 bits per heavy atom. The standard InChI is InChI=1S/C8H6S.C5H11Cl/c1-2-4-8-7(3-1)5-6-9-8;1-2-3-4-5-6/h1-6H;2-5H2,1H3. The monoisotopic (exact) mass is 240 g/mol. The molecule has 0 N–H and O–H groups in total. The Labute approximate surface area is 101 Å². The zero-order valence-corrected chi connectivity index (χ0v) is 10.7. The van der Waals surface area contributed by atoms with E-state index in [1.807, 2.05) is 0 Å². The van der Waals surface area contributed by atoms with E-state index in [-0.39, 0.29) is 0 Å². The first-order valence-corrected chi connectivity index (χ1v) is 6.78. The molecule has 2 aromatic rings. The summed E-state index contributed by atoms with van der Waals surface area (Å²) in [5.41, 5.74) is 0. The highest BCUT2D eigenvalue weighted by Gasteiger charge is 1.87. The SMILES string of the molecule is CCCCCCl.c1ccc2sccc2c1. The predicted octanol–water partition coefficient (Wildman–Crippen LogP) is 5.32. The number of thiophene rings is 1. The number of hydrogen-bond donors (Lipinski definition) is 0. The van der Waals surface area contributed by atoms with E-state index in [4.69, 9.17) is 11.6 Å². The first-order valence-electron chi connectivity index (χ1n) is 5.36. The molecule has 0 nitrogen and oxygen atoms in total. The van der Waals surface area contributed by atoms with E-state index < -0.39 is 0 Å². The van der Waals surface area contributed by atoms with Crippen molar-refractivity contribution in [2.75, 3.05) is 5.88 Å². The molecular formula is C13H17ClS. The van der Waals surface area contributed by atoms with Gasteiger partial charge in [0.15, 0.2) is 0 Å². The molecule has 0 amide bonds. The van der Waals surface area contributed by atoms with Crippen LogP contribution in [-0.4, -0.2) is 5.88 Å². The van der Waals surface area contributed by atoms with E-state index in [9.17, 15) is 0 Å². The van der Waals surface area contributed by atoms with Gasteiger partial charge in [-0.1, -0.05) is 38.0 Å². The van der Waals surface area contributed by atoms with Crippen LogP contribution >= 0.6 is 22.9 Å². The third-order valence-electron chi connectivity index (χ3n) is 2.10. The van der Waals surface area contributed by atoms with E-state index in [1.165, 1.54) is 29.3 Å². The summed E-state index contributed by atoms with van der Waals surface area (Å²) in [6.45, 7) is 2.17. The van der Waals surface area contributed by atoms with Crippen molar-refractivity contribution >= 4 is 33.0 Å². The van der Waals surface area contributed by atoms with Crippen molar-refractivity contribution in [3.63, 3.8) is 0 Å². The van der Waals surface area contributed by atoms with Crippen LogP contribution in [-0.2, 0) is 0 Å². The number of alkyl halides is 1. The van der Waals surface area contributed by atoms with Gasteiger partial charge in [-0.25, -0.2) is 0 Å². The first kappa shape index (κ1) is 12.5. The number of unbranched alkanes of at least 4 members (excludes halogenated alkanes) is 2. The minimum absolute atomic E-state index is 0.827. The van der Waals surface area contributed by atoms with Crippen LogP contribution in [0.2, 0.25) is 0 Å². The minimum Gasteiger partial charge on any atom is -0.144 e. The van der Waals surface area contributed by atoms with Gasteiger partial charge in [0.25, 0.3) is 0 Å². The highest BCUT2D eigenvalue weighted by atomic mass is 35.5. The van der Waals surface area contributed by atoms with Crippen LogP contribution in [0.4, 0.5) is 0 Å². The predicted molar refractivity (Wildman–Crippen MR) is 72.1 cm³/mol. The second kappa shape index (κ2) is 7.72. The van der Waals surface area contributed by atoms with E-state index in [0.717, 1.165) is 5.88 Å². The molecule has 0 aliphatic rings. The van der Waals surface area contributed by atoms with Crippen LogP contribution in [0, 0.1) is 0 Å². The molecule has 0 bridgehead atoms. The molecule has 0 aliphatic heterocycles. The van der Waals surface area contributed by atoms with Crippen LogP contribution in [0.3, 0.4) is 0 Å². The van der Waals surface area contributed by atoms with Crippen molar-refractivity contribution in [3.8, 4) is 0 Å². The largest absolute Gasteiger partial charge is 0.144 e. The van der Waals surface area contributed by atoms with Crippen molar-refractivity contribution in [1.82, 2.24) is 0 Å². The molecule has 1 aromatic heterocycles. The van der Waals surface area contributed by atoms with Gasteiger partial charge in [0, 0.05) is 10.6 Å². The molecule has 0 fully saturated rings. The fourth-order valence-electron chi connectivity index (χ4n) is 1.25. The fourth-order valence-corrected chi connectivity index (χ4v) is 2.23. The number of rotatable bonds is 3. The summed E-state index contributed by atoms with van der Waals surface area (Å²) < 4.78 is 1.37. The van der Waals surface area contributed by atoms with Crippen LogP contribution in [0.5, 0.6) is 0 Å². The lowest BCUT2D eigenvalue weighted by Gasteiger charge is -1.84. The summed E-state index contributed by atoms with van der Waals surface area (Å²) in [6, 6.07) is 10.5. The van der Waals surface area contributed by atoms with Crippen LogP contribution in [0.1, 0.15) is 26.2 Å². The summed E-state index contributed by atoms with van der Waals surface area (Å²) in [7, 11) is 0. The summed E-state index contributed by atoms with van der Waals surface area (Å²) in [5, 5.41) is 3.47. The van der Waals surface area contributed by atoms with Gasteiger partial charge in [0.2, 0.25) is 0 Å². The summed E-state index contributed by atoms with van der Waals surface area (Å²) in [5.74, 6) is 0.827.